The summed E-state index contributed by atoms with van der Waals surface area (Å²) in [4.78, 5) is 38.1. The lowest BCUT2D eigenvalue weighted by atomic mass is 10.1. The van der Waals surface area contributed by atoms with Crippen molar-refractivity contribution in [3.05, 3.63) is 23.2 Å². The number of ether oxygens (including phenoxy) is 2. The van der Waals surface area contributed by atoms with E-state index < -0.39 is 12.0 Å². The van der Waals surface area contributed by atoms with Gasteiger partial charge in [-0.15, -0.1) is 0 Å². The molecule has 1 fully saturated rings. The highest BCUT2D eigenvalue weighted by atomic mass is 35.5. The molecule has 1 saturated heterocycles. The highest BCUT2D eigenvalue weighted by molar-refractivity contribution is 6.32. The normalized spacial score (nSPS) is 17.1. The van der Waals surface area contributed by atoms with E-state index in [2.05, 4.69) is 10.6 Å². The third-order valence-corrected chi connectivity index (χ3v) is 4.35. The van der Waals surface area contributed by atoms with Crippen LogP contribution in [0.1, 0.15) is 19.8 Å². The van der Waals surface area contributed by atoms with Gasteiger partial charge in [0.25, 0.3) is 0 Å². The lowest BCUT2D eigenvalue weighted by Gasteiger charge is -2.33. The van der Waals surface area contributed by atoms with Crippen molar-refractivity contribution in [3.63, 3.8) is 0 Å². The van der Waals surface area contributed by atoms with Gasteiger partial charge in [-0.3, -0.25) is 19.3 Å². The smallest absolute Gasteiger partial charge is 0.307 e. The summed E-state index contributed by atoms with van der Waals surface area (Å²) in [6.45, 7) is 3.06. The number of nitrogens with zero attached hydrogens (tertiary/aromatic N) is 1. The molecule has 1 aromatic carbocycles. The monoisotopic (exact) mass is 397 g/mol. The number of esters is 1. The average molecular weight is 398 g/mol. The predicted molar refractivity (Wildman–Crippen MR) is 101 cm³/mol. The standard InChI is InChI=1S/C18H24ClN3O5/c1-3-8-27-17(24)10-14-18(25)20-6-7-22(14)11-16(23)21-12-4-5-15(26-2)13(19)9-12/h4-5,9,14H,3,6-8,10-11H2,1-2H3,(H,20,25)(H,21,23). The van der Waals surface area contributed by atoms with Crippen molar-refractivity contribution < 1.29 is 23.9 Å². The summed E-state index contributed by atoms with van der Waals surface area (Å²) in [7, 11) is 1.51. The van der Waals surface area contributed by atoms with Crippen LogP contribution in [0.5, 0.6) is 5.75 Å². The van der Waals surface area contributed by atoms with Gasteiger partial charge in [-0.2, -0.15) is 0 Å². The second-order valence-corrected chi connectivity index (χ2v) is 6.51. The minimum atomic E-state index is -0.728. The van der Waals surface area contributed by atoms with Crippen molar-refractivity contribution >= 4 is 35.1 Å². The SMILES string of the molecule is CCCOC(=O)CC1C(=O)NCCN1CC(=O)Nc1ccc(OC)c(Cl)c1. The first-order chi connectivity index (χ1) is 12.9. The van der Waals surface area contributed by atoms with Gasteiger partial charge in [0.1, 0.15) is 11.8 Å². The number of hydrogen-bond donors (Lipinski definition) is 2. The molecule has 1 aliphatic rings. The first kappa shape index (κ1) is 21.0. The molecule has 8 nitrogen and oxygen atoms in total. The van der Waals surface area contributed by atoms with Gasteiger partial charge in [-0.25, -0.2) is 0 Å². The highest BCUT2D eigenvalue weighted by Gasteiger charge is 2.33. The number of benzene rings is 1. The molecule has 0 bridgehead atoms. The van der Waals surface area contributed by atoms with Crippen LogP contribution in [0.25, 0.3) is 0 Å². The van der Waals surface area contributed by atoms with Gasteiger partial charge < -0.3 is 20.1 Å². The van der Waals surface area contributed by atoms with Gasteiger partial charge in [-0.1, -0.05) is 18.5 Å². The molecule has 0 saturated carbocycles. The molecule has 0 spiro atoms. The van der Waals surface area contributed by atoms with E-state index in [1.807, 2.05) is 6.92 Å². The van der Waals surface area contributed by atoms with Crippen LogP contribution >= 0.6 is 11.6 Å². The van der Waals surface area contributed by atoms with Crippen LogP contribution in [0.2, 0.25) is 5.02 Å². The second-order valence-electron chi connectivity index (χ2n) is 6.10. The Labute approximate surface area is 163 Å². The van der Waals surface area contributed by atoms with E-state index in [4.69, 9.17) is 21.1 Å². The number of carbonyl (C=O) groups excluding carboxylic acids is 3. The maximum atomic E-state index is 12.4. The summed E-state index contributed by atoms with van der Waals surface area (Å²) in [5, 5.41) is 5.83. The summed E-state index contributed by atoms with van der Waals surface area (Å²) in [5.41, 5.74) is 0.520. The number of methoxy groups -OCH3 is 1. The Morgan fingerprint density at radius 3 is 2.85 bits per heavy atom. The number of piperazine rings is 1. The third-order valence-electron chi connectivity index (χ3n) is 4.05. The van der Waals surface area contributed by atoms with Crippen molar-refractivity contribution in [2.45, 2.75) is 25.8 Å². The van der Waals surface area contributed by atoms with Gasteiger partial charge in [0, 0.05) is 18.8 Å². The zero-order valence-corrected chi connectivity index (χ0v) is 16.2. The Morgan fingerprint density at radius 1 is 1.41 bits per heavy atom. The largest absolute Gasteiger partial charge is 0.495 e. The van der Waals surface area contributed by atoms with Gasteiger partial charge in [-0.05, 0) is 24.6 Å². The summed E-state index contributed by atoms with van der Waals surface area (Å²) < 4.78 is 10.1. The van der Waals surface area contributed by atoms with Crippen LogP contribution in [0.15, 0.2) is 18.2 Å². The maximum Gasteiger partial charge on any atom is 0.307 e. The number of rotatable bonds is 8. The quantitative estimate of drug-likeness (QED) is 0.644. The minimum absolute atomic E-state index is 0.0250. The summed E-state index contributed by atoms with van der Waals surface area (Å²) in [5.74, 6) is -0.535. The molecule has 2 rings (SSSR count). The van der Waals surface area contributed by atoms with Crippen LogP contribution in [0.3, 0.4) is 0 Å². The fraction of sp³-hybridized carbons (Fsp3) is 0.500. The average Bonchev–Trinajstić information content (AvgIpc) is 2.63. The van der Waals surface area contributed by atoms with Crippen molar-refractivity contribution in [2.24, 2.45) is 0 Å². The fourth-order valence-electron chi connectivity index (χ4n) is 2.74. The Kier molecular flexibility index (Phi) is 7.87. The lowest BCUT2D eigenvalue weighted by molar-refractivity contribution is -0.148. The van der Waals surface area contributed by atoms with Gasteiger partial charge >= 0.3 is 5.97 Å². The Bertz CT molecular complexity index is 698. The molecule has 0 aromatic heterocycles. The van der Waals surface area contributed by atoms with Gasteiger partial charge in [0.15, 0.2) is 0 Å². The molecule has 2 N–H and O–H groups in total. The van der Waals surface area contributed by atoms with E-state index >= 15 is 0 Å². The Hall–Kier alpha value is -2.32. The fourth-order valence-corrected chi connectivity index (χ4v) is 2.99. The highest BCUT2D eigenvalue weighted by Crippen LogP contribution is 2.27. The molecule has 1 aliphatic heterocycles. The first-order valence-electron chi connectivity index (χ1n) is 8.75. The minimum Gasteiger partial charge on any atom is -0.495 e. The molecular weight excluding hydrogens is 374 g/mol. The van der Waals surface area contributed by atoms with E-state index in [1.54, 1.807) is 23.1 Å². The van der Waals surface area contributed by atoms with E-state index in [0.29, 0.717) is 42.6 Å². The Morgan fingerprint density at radius 2 is 2.19 bits per heavy atom. The van der Waals surface area contributed by atoms with Crippen LogP contribution < -0.4 is 15.4 Å². The van der Waals surface area contributed by atoms with Crippen LogP contribution in [-0.4, -0.2) is 62.1 Å². The zero-order chi connectivity index (χ0) is 19.8. The molecule has 1 aromatic rings. The van der Waals surface area contributed by atoms with Crippen molar-refractivity contribution in [1.29, 1.82) is 0 Å². The Balaban J connectivity index is 1.97. The number of hydrogen-bond acceptors (Lipinski definition) is 6. The first-order valence-corrected chi connectivity index (χ1v) is 9.13. The molecule has 1 unspecified atom stereocenters. The van der Waals surface area contributed by atoms with E-state index in [1.165, 1.54) is 7.11 Å². The summed E-state index contributed by atoms with van der Waals surface area (Å²) in [6.07, 6.45) is 0.618. The molecule has 148 valence electrons. The molecule has 0 radical (unpaired) electrons. The molecule has 2 amide bonds. The number of amides is 2. The van der Waals surface area contributed by atoms with Gasteiger partial charge in [0.05, 0.1) is 31.7 Å². The molecular formula is C18H24ClN3O5. The molecule has 1 atom stereocenters. The molecule has 1 heterocycles. The maximum absolute atomic E-state index is 12.4. The predicted octanol–water partition coefficient (Wildman–Crippen LogP) is 1.43. The number of anilines is 1. The molecule has 27 heavy (non-hydrogen) atoms. The topological polar surface area (TPSA) is 97.0 Å². The van der Waals surface area contributed by atoms with E-state index in [0.717, 1.165) is 0 Å². The summed E-state index contributed by atoms with van der Waals surface area (Å²) >= 11 is 6.06. The second kappa shape index (κ2) is 10.1. The van der Waals surface area contributed by atoms with Gasteiger partial charge in [0.2, 0.25) is 11.8 Å². The lowest BCUT2D eigenvalue weighted by Crippen LogP contribution is -2.57. The number of halogens is 1. The van der Waals surface area contributed by atoms with Crippen LogP contribution in [0.4, 0.5) is 5.69 Å². The number of nitrogens with one attached hydrogen (secondary N) is 2. The van der Waals surface area contributed by atoms with Crippen molar-refractivity contribution in [1.82, 2.24) is 10.2 Å². The van der Waals surface area contributed by atoms with Crippen molar-refractivity contribution in [2.75, 3.05) is 38.7 Å². The van der Waals surface area contributed by atoms with E-state index in [9.17, 15) is 14.4 Å². The zero-order valence-electron chi connectivity index (χ0n) is 15.4. The van der Waals surface area contributed by atoms with Crippen molar-refractivity contribution in [3.8, 4) is 5.75 Å². The van der Waals surface area contributed by atoms with Crippen LogP contribution in [0, 0.1) is 0 Å². The molecule has 9 heteroatoms. The third kappa shape index (κ3) is 6.11. The van der Waals surface area contributed by atoms with E-state index in [-0.39, 0.29) is 24.8 Å². The molecule has 0 aliphatic carbocycles. The number of carbonyl (C=O) groups is 3. The summed E-state index contributed by atoms with van der Waals surface area (Å²) in [6, 6.07) is 4.18. The van der Waals surface area contributed by atoms with Crippen LogP contribution in [-0.2, 0) is 19.1 Å².